The number of benzene rings is 3. The smallest absolute Gasteiger partial charge is 0.311 e. The van der Waals surface area contributed by atoms with Gasteiger partial charge < -0.3 is 10.4 Å². The average molecular weight is 425 g/mol. The Balaban J connectivity index is 1.37. The van der Waals surface area contributed by atoms with Crippen molar-refractivity contribution >= 4 is 23.3 Å². The third-order valence-corrected chi connectivity index (χ3v) is 6.33. The van der Waals surface area contributed by atoms with E-state index in [2.05, 4.69) is 59.7 Å². The molecule has 6 heteroatoms. The lowest BCUT2D eigenvalue weighted by atomic mass is 9.76. The zero-order chi connectivity index (χ0) is 22.2. The summed E-state index contributed by atoms with van der Waals surface area (Å²) in [6.07, 6.45) is 7.24. The molecule has 3 aromatic rings. The van der Waals surface area contributed by atoms with Crippen LogP contribution in [0.3, 0.4) is 0 Å². The number of rotatable bonds is 4. The summed E-state index contributed by atoms with van der Waals surface area (Å²) in [7, 11) is 0. The number of phenolic OH excluding ortho intramolecular Hbond substituents is 1. The van der Waals surface area contributed by atoms with Crippen LogP contribution in [0.25, 0.3) is 0 Å². The number of nitrogens with zero attached hydrogens (tertiary/aromatic N) is 2. The molecule has 160 valence electrons. The van der Waals surface area contributed by atoms with Gasteiger partial charge in [0.2, 0.25) is 0 Å². The zero-order valence-corrected chi connectivity index (χ0v) is 17.6. The van der Waals surface area contributed by atoms with E-state index in [4.69, 9.17) is 0 Å². The molecule has 3 atom stereocenters. The Morgan fingerprint density at radius 1 is 1.12 bits per heavy atom. The van der Waals surface area contributed by atoms with Crippen molar-refractivity contribution in [3.63, 3.8) is 0 Å². The number of nitro benzene ring substituents is 1. The predicted octanol–water partition coefficient (Wildman–Crippen LogP) is 6.19. The van der Waals surface area contributed by atoms with Gasteiger partial charge in [0.1, 0.15) is 0 Å². The monoisotopic (exact) mass is 425 g/mol. The van der Waals surface area contributed by atoms with Gasteiger partial charge in [-0.25, -0.2) is 0 Å². The molecule has 0 unspecified atom stereocenters. The molecule has 5 rings (SSSR count). The van der Waals surface area contributed by atoms with Crippen LogP contribution in [0.15, 0.2) is 77.8 Å². The van der Waals surface area contributed by atoms with E-state index >= 15 is 0 Å². The molecule has 0 aromatic heterocycles. The van der Waals surface area contributed by atoms with Gasteiger partial charge in [0, 0.05) is 23.9 Å². The van der Waals surface area contributed by atoms with E-state index in [-0.39, 0.29) is 17.5 Å². The first-order valence-corrected chi connectivity index (χ1v) is 10.6. The van der Waals surface area contributed by atoms with Crippen LogP contribution in [0.5, 0.6) is 5.75 Å². The minimum absolute atomic E-state index is 0.225. The van der Waals surface area contributed by atoms with E-state index in [1.807, 2.05) is 12.1 Å². The summed E-state index contributed by atoms with van der Waals surface area (Å²) in [6.45, 7) is 2.13. The van der Waals surface area contributed by atoms with Gasteiger partial charge in [-0.1, -0.05) is 42.0 Å². The highest BCUT2D eigenvalue weighted by Crippen LogP contribution is 2.50. The molecule has 0 spiro atoms. The van der Waals surface area contributed by atoms with Crippen molar-refractivity contribution in [3.8, 4) is 5.75 Å². The summed E-state index contributed by atoms with van der Waals surface area (Å²) in [6, 6.07) is 19.2. The third kappa shape index (κ3) is 3.64. The van der Waals surface area contributed by atoms with E-state index < -0.39 is 4.92 Å². The fourth-order valence-corrected chi connectivity index (χ4v) is 4.73. The minimum atomic E-state index is -0.608. The number of nitro groups is 1. The van der Waals surface area contributed by atoms with Crippen LogP contribution in [0.1, 0.15) is 40.6 Å². The van der Waals surface area contributed by atoms with Crippen molar-refractivity contribution in [1.82, 2.24) is 0 Å². The number of nitrogens with one attached hydrogen (secondary N) is 1. The summed E-state index contributed by atoms with van der Waals surface area (Å²) in [5.41, 5.74) is 6.06. The SMILES string of the molecule is Cc1ccc2c(c1)[C@@H]1C=CC[C@@H]1[C@@H](c1ccc(N=Cc3ccc(O)c([N+](=O)[O-])c3)cc1)N2. The van der Waals surface area contributed by atoms with Gasteiger partial charge in [0.25, 0.3) is 0 Å². The molecule has 0 saturated carbocycles. The second-order valence-corrected chi connectivity index (χ2v) is 8.42. The lowest BCUT2D eigenvalue weighted by molar-refractivity contribution is -0.385. The molecule has 2 aliphatic rings. The van der Waals surface area contributed by atoms with Crippen molar-refractivity contribution in [2.45, 2.75) is 25.3 Å². The lowest BCUT2D eigenvalue weighted by Crippen LogP contribution is -2.29. The maximum Gasteiger partial charge on any atom is 0.311 e. The van der Waals surface area contributed by atoms with Crippen molar-refractivity contribution in [3.05, 3.63) is 105 Å². The highest BCUT2D eigenvalue weighted by Gasteiger charge is 2.37. The summed E-state index contributed by atoms with van der Waals surface area (Å²) >= 11 is 0. The van der Waals surface area contributed by atoms with Crippen molar-refractivity contribution in [2.75, 3.05) is 5.32 Å². The molecule has 6 nitrogen and oxygen atoms in total. The highest BCUT2D eigenvalue weighted by atomic mass is 16.6. The van der Waals surface area contributed by atoms with E-state index in [0.29, 0.717) is 17.4 Å². The quantitative estimate of drug-likeness (QED) is 0.226. The molecular formula is C26H23N3O3. The highest BCUT2D eigenvalue weighted by molar-refractivity contribution is 5.83. The van der Waals surface area contributed by atoms with Gasteiger partial charge in [-0.15, -0.1) is 0 Å². The first kappa shape index (κ1) is 20.0. The second-order valence-electron chi connectivity index (χ2n) is 8.42. The van der Waals surface area contributed by atoms with E-state index in [9.17, 15) is 15.2 Å². The van der Waals surface area contributed by atoms with Gasteiger partial charge in [-0.3, -0.25) is 15.1 Å². The van der Waals surface area contributed by atoms with E-state index in [1.165, 1.54) is 34.5 Å². The van der Waals surface area contributed by atoms with Crippen LogP contribution in [0, 0.1) is 23.0 Å². The number of aromatic hydroxyl groups is 1. The van der Waals surface area contributed by atoms with E-state index in [0.717, 1.165) is 12.1 Å². The molecule has 0 radical (unpaired) electrons. The molecule has 0 fully saturated rings. The Hall–Kier alpha value is -3.93. The molecule has 2 N–H and O–H groups in total. The van der Waals surface area contributed by atoms with Crippen LogP contribution in [-0.4, -0.2) is 16.2 Å². The molecule has 0 saturated heterocycles. The van der Waals surface area contributed by atoms with Crippen LogP contribution in [-0.2, 0) is 0 Å². The number of hydrogen-bond donors (Lipinski definition) is 2. The predicted molar refractivity (Wildman–Crippen MR) is 126 cm³/mol. The Morgan fingerprint density at radius 2 is 1.94 bits per heavy atom. The number of anilines is 1. The lowest BCUT2D eigenvalue weighted by Gasteiger charge is -2.37. The van der Waals surface area contributed by atoms with Crippen molar-refractivity contribution < 1.29 is 10.0 Å². The van der Waals surface area contributed by atoms with Gasteiger partial charge in [-0.2, -0.15) is 0 Å². The fourth-order valence-electron chi connectivity index (χ4n) is 4.73. The summed E-state index contributed by atoms with van der Waals surface area (Å²) in [4.78, 5) is 14.8. The molecule has 1 aliphatic heterocycles. The summed E-state index contributed by atoms with van der Waals surface area (Å²) in [5.74, 6) is 0.559. The largest absolute Gasteiger partial charge is 0.502 e. The Kier molecular flexibility index (Phi) is 4.98. The standard InChI is InChI=1S/C26H23N3O3/c1-16-5-11-23-22(13-16)20-3-2-4-21(20)26(28-23)18-7-9-19(10-8-18)27-15-17-6-12-25(30)24(14-17)29(31)32/h2-3,5-15,20-21,26,28,30H,4H2,1H3/t20-,21+,26-/m1/s1. The number of fused-ring (bicyclic) bond motifs is 3. The molecule has 0 bridgehead atoms. The Bertz CT molecular complexity index is 1250. The molecule has 0 amide bonds. The Labute approximate surface area is 186 Å². The third-order valence-electron chi connectivity index (χ3n) is 6.33. The maximum atomic E-state index is 11.0. The van der Waals surface area contributed by atoms with Gasteiger partial charge in [0.15, 0.2) is 5.75 Å². The fraction of sp³-hybridized carbons (Fsp3) is 0.192. The topological polar surface area (TPSA) is 87.8 Å². The first-order chi connectivity index (χ1) is 15.5. The number of hydrogen-bond acceptors (Lipinski definition) is 5. The number of allylic oxidation sites excluding steroid dienone is 2. The van der Waals surface area contributed by atoms with Crippen LogP contribution in [0.2, 0.25) is 0 Å². The summed E-state index contributed by atoms with van der Waals surface area (Å²) in [5, 5.41) is 24.3. The van der Waals surface area contributed by atoms with Crippen LogP contribution < -0.4 is 5.32 Å². The normalized spacial score (nSPS) is 21.2. The van der Waals surface area contributed by atoms with Crippen molar-refractivity contribution in [1.29, 1.82) is 0 Å². The zero-order valence-electron chi connectivity index (χ0n) is 17.6. The maximum absolute atomic E-state index is 11.0. The minimum Gasteiger partial charge on any atom is -0.502 e. The van der Waals surface area contributed by atoms with E-state index in [1.54, 1.807) is 12.3 Å². The Morgan fingerprint density at radius 3 is 2.72 bits per heavy atom. The van der Waals surface area contributed by atoms with Gasteiger partial charge in [-0.05, 0) is 66.3 Å². The number of aliphatic imine (C=N–C) groups is 1. The molecule has 1 aliphatic carbocycles. The number of phenols is 1. The summed E-state index contributed by atoms with van der Waals surface area (Å²) < 4.78 is 0. The second kappa shape index (κ2) is 7.96. The number of aryl methyl sites for hydroxylation is 1. The van der Waals surface area contributed by atoms with Crippen molar-refractivity contribution in [2.24, 2.45) is 10.9 Å². The molecule has 32 heavy (non-hydrogen) atoms. The van der Waals surface area contributed by atoms with Gasteiger partial charge in [0.05, 0.1) is 16.7 Å². The van der Waals surface area contributed by atoms with Crippen LogP contribution in [0.4, 0.5) is 17.1 Å². The van der Waals surface area contributed by atoms with Gasteiger partial charge >= 0.3 is 5.69 Å². The first-order valence-electron chi connectivity index (χ1n) is 10.6. The van der Waals surface area contributed by atoms with Crippen LogP contribution >= 0.6 is 0 Å². The molecule has 3 aromatic carbocycles. The molecular weight excluding hydrogens is 402 g/mol. The average Bonchev–Trinajstić information content (AvgIpc) is 3.29. The molecule has 1 heterocycles.